The van der Waals surface area contributed by atoms with Crippen LogP contribution in [0.5, 0.6) is 0 Å². The van der Waals surface area contributed by atoms with Crippen LogP contribution in [0.4, 0.5) is 0 Å². The van der Waals surface area contributed by atoms with Crippen molar-refractivity contribution >= 4 is 17.7 Å². The van der Waals surface area contributed by atoms with Crippen molar-refractivity contribution in [2.45, 2.75) is 37.1 Å². The van der Waals surface area contributed by atoms with Gasteiger partial charge in [-0.1, -0.05) is 6.92 Å². The van der Waals surface area contributed by atoms with Gasteiger partial charge in [0.05, 0.1) is 0 Å². The molecule has 3 N–H and O–H groups in total. The minimum Gasteiger partial charge on any atom is -0.368 e. The fraction of sp³-hybridized carbons (Fsp3) is 0.909. The van der Waals surface area contributed by atoms with Gasteiger partial charge in [-0.05, 0) is 18.6 Å². The van der Waals surface area contributed by atoms with Crippen molar-refractivity contribution in [2.75, 3.05) is 25.4 Å². The molecule has 0 aliphatic carbocycles. The van der Waals surface area contributed by atoms with Crippen LogP contribution < -0.4 is 11.1 Å². The topological polar surface area (TPSA) is 58.4 Å². The molecule has 1 amide bonds. The molecule has 92 valence electrons. The van der Waals surface area contributed by atoms with Crippen molar-refractivity contribution in [3.05, 3.63) is 0 Å². The molecule has 3 atom stereocenters. The molecule has 2 aliphatic heterocycles. The number of nitrogens with zero attached hydrogens (tertiary/aromatic N) is 1. The summed E-state index contributed by atoms with van der Waals surface area (Å²) in [6, 6.07) is 0.415. The second kappa shape index (κ2) is 5.38. The molecule has 0 aromatic heterocycles. The maximum absolute atomic E-state index is 11.4. The van der Waals surface area contributed by atoms with E-state index in [-0.39, 0.29) is 11.9 Å². The lowest BCUT2D eigenvalue weighted by atomic mass is 10.0. The molecule has 0 bridgehead atoms. The minimum atomic E-state index is -0.185. The van der Waals surface area contributed by atoms with Crippen molar-refractivity contribution in [3.63, 3.8) is 0 Å². The number of carbonyl (C=O) groups is 1. The van der Waals surface area contributed by atoms with E-state index in [2.05, 4.69) is 17.1 Å². The predicted molar refractivity (Wildman–Crippen MR) is 67.5 cm³/mol. The Morgan fingerprint density at radius 1 is 1.56 bits per heavy atom. The van der Waals surface area contributed by atoms with Gasteiger partial charge in [-0.25, -0.2) is 0 Å². The average Bonchev–Trinajstić information content (AvgIpc) is 2.29. The first kappa shape index (κ1) is 12.2. The minimum absolute atomic E-state index is 0.111. The van der Waals surface area contributed by atoms with Crippen LogP contribution in [-0.4, -0.2) is 53.5 Å². The molecule has 2 aliphatic rings. The lowest BCUT2D eigenvalue weighted by molar-refractivity contribution is -0.125. The van der Waals surface area contributed by atoms with E-state index in [4.69, 9.17) is 5.73 Å². The summed E-state index contributed by atoms with van der Waals surface area (Å²) in [6.07, 6.45) is 2.47. The third-order valence-electron chi connectivity index (χ3n) is 3.61. The first-order valence-corrected chi connectivity index (χ1v) is 7.12. The summed E-state index contributed by atoms with van der Waals surface area (Å²) in [5, 5.41) is 3.87. The predicted octanol–water partition coefficient (Wildman–Crippen LogP) is 0.0296. The lowest BCUT2D eigenvalue weighted by Gasteiger charge is -2.44. The second-order valence-electron chi connectivity index (χ2n) is 4.65. The number of hydrogen-bond donors (Lipinski definition) is 2. The molecular weight excluding hydrogens is 222 g/mol. The molecule has 5 heteroatoms. The number of primary amides is 1. The van der Waals surface area contributed by atoms with Gasteiger partial charge >= 0.3 is 0 Å². The zero-order valence-electron chi connectivity index (χ0n) is 9.82. The maximum atomic E-state index is 11.4. The zero-order valence-corrected chi connectivity index (χ0v) is 10.6. The van der Waals surface area contributed by atoms with Crippen LogP contribution in [0, 0.1) is 0 Å². The fourth-order valence-corrected chi connectivity index (χ4v) is 3.94. The SMILES string of the molecule is CC1SCCCC1N1CCNCC1C(N)=O. The van der Waals surface area contributed by atoms with Gasteiger partial charge in [0.15, 0.2) is 0 Å². The Hall–Kier alpha value is -0.260. The van der Waals surface area contributed by atoms with Crippen LogP contribution in [-0.2, 0) is 4.79 Å². The monoisotopic (exact) mass is 243 g/mol. The molecule has 2 fully saturated rings. The summed E-state index contributed by atoms with van der Waals surface area (Å²) in [4.78, 5) is 13.8. The number of nitrogens with two attached hydrogens (primary N) is 1. The number of rotatable bonds is 2. The Labute approximate surface area is 101 Å². The van der Waals surface area contributed by atoms with Crippen LogP contribution in [0.2, 0.25) is 0 Å². The van der Waals surface area contributed by atoms with E-state index in [0.29, 0.717) is 17.8 Å². The van der Waals surface area contributed by atoms with Crippen LogP contribution in [0.25, 0.3) is 0 Å². The average molecular weight is 243 g/mol. The van der Waals surface area contributed by atoms with E-state index in [9.17, 15) is 4.79 Å². The van der Waals surface area contributed by atoms with Gasteiger partial charge in [0.25, 0.3) is 0 Å². The highest BCUT2D eigenvalue weighted by Crippen LogP contribution is 2.30. The van der Waals surface area contributed by atoms with E-state index in [1.54, 1.807) is 0 Å². The Balaban J connectivity index is 2.06. The van der Waals surface area contributed by atoms with E-state index in [1.165, 1.54) is 18.6 Å². The van der Waals surface area contributed by atoms with Crippen molar-refractivity contribution in [1.29, 1.82) is 0 Å². The number of nitrogens with one attached hydrogen (secondary N) is 1. The molecule has 0 aromatic carbocycles. The van der Waals surface area contributed by atoms with E-state index < -0.39 is 0 Å². The molecule has 2 heterocycles. The van der Waals surface area contributed by atoms with Gasteiger partial charge in [0.1, 0.15) is 6.04 Å². The van der Waals surface area contributed by atoms with Crippen LogP contribution in [0.15, 0.2) is 0 Å². The lowest BCUT2D eigenvalue weighted by Crippen LogP contribution is -2.62. The summed E-state index contributed by atoms with van der Waals surface area (Å²) in [6.45, 7) is 4.90. The molecule has 2 rings (SSSR count). The zero-order chi connectivity index (χ0) is 11.5. The molecule has 0 spiro atoms. The first-order valence-electron chi connectivity index (χ1n) is 6.07. The van der Waals surface area contributed by atoms with Crippen LogP contribution in [0.1, 0.15) is 19.8 Å². The summed E-state index contributed by atoms with van der Waals surface area (Å²) < 4.78 is 0. The van der Waals surface area contributed by atoms with Gasteiger partial charge in [0.2, 0.25) is 5.91 Å². The smallest absolute Gasteiger partial charge is 0.236 e. The largest absolute Gasteiger partial charge is 0.368 e. The van der Waals surface area contributed by atoms with Gasteiger partial charge in [-0.3, -0.25) is 9.69 Å². The van der Waals surface area contributed by atoms with Crippen LogP contribution in [0.3, 0.4) is 0 Å². The Bertz CT molecular complexity index is 262. The molecule has 3 unspecified atom stereocenters. The van der Waals surface area contributed by atoms with Gasteiger partial charge < -0.3 is 11.1 Å². The fourth-order valence-electron chi connectivity index (χ4n) is 2.72. The molecular formula is C11H21N3OS. The van der Waals surface area contributed by atoms with E-state index >= 15 is 0 Å². The van der Waals surface area contributed by atoms with Crippen molar-refractivity contribution in [3.8, 4) is 0 Å². The second-order valence-corrected chi connectivity index (χ2v) is 6.13. The number of thioether (sulfide) groups is 1. The summed E-state index contributed by atoms with van der Waals surface area (Å²) in [7, 11) is 0. The van der Waals surface area contributed by atoms with Gasteiger partial charge in [-0.15, -0.1) is 0 Å². The Kier molecular flexibility index (Phi) is 4.10. The van der Waals surface area contributed by atoms with Crippen LogP contribution >= 0.6 is 11.8 Å². The maximum Gasteiger partial charge on any atom is 0.236 e. The highest BCUT2D eigenvalue weighted by molar-refractivity contribution is 7.99. The van der Waals surface area contributed by atoms with E-state index in [1.807, 2.05) is 11.8 Å². The van der Waals surface area contributed by atoms with Gasteiger partial charge in [0, 0.05) is 30.9 Å². The third-order valence-corrected chi connectivity index (χ3v) is 4.97. The summed E-state index contributed by atoms with van der Waals surface area (Å²) in [5.41, 5.74) is 5.48. The summed E-state index contributed by atoms with van der Waals surface area (Å²) >= 11 is 2.02. The third kappa shape index (κ3) is 2.52. The van der Waals surface area contributed by atoms with Crippen molar-refractivity contribution in [2.24, 2.45) is 5.73 Å². The highest BCUT2D eigenvalue weighted by atomic mass is 32.2. The normalized spacial score (nSPS) is 37.2. The standard InChI is InChI=1S/C11H21N3OS/c1-8-9(3-2-6-16-8)14-5-4-13-7-10(14)11(12)15/h8-10,13H,2-7H2,1H3,(H2,12,15). The molecule has 16 heavy (non-hydrogen) atoms. The molecule has 0 radical (unpaired) electrons. The molecule has 4 nitrogen and oxygen atoms in total. The Morgan fingerprint density at radius 3 is 3.06 bits per heavy atom. The number of carbonyl (C=O) groups excluding carboxylic acids is 1. The van der Waals surface area contributed by atoms with E-state index in [0.717, 1.165) is 13.1 Å². The number of amides is 1. The summed E-state index contributed by atoms with van der Waals surface area (Å²) in [5.74, 6) is 1.07. The molecule has 2 saturated heterocycles. The van der Waals surface area contributed by atoms with Crippen molar-refractivity contribution in [1.82, 2.24) is 10.2 Å². The Morgan fingerprint density at radius 2 is 2.38 bits per heavy atom. The number of hydrogen-bond acceptors (Lipinski definition) is 4. The first-order chi connectivity index (χ1) is 7.70. The van der Waals surface area contributed by atoms with Gasteiger partial charge in [-0.2, -0.15) is 11.8 Å². The number of piperazine rings is 1. The highest BCUT2D eigenvalue weighted by Gasteiger charge is 2.35. The molecule has 0 aromatic rings. The quantitative estimate of drug-likeness (QED) is 0.718. The molecule has 0 saturated carbocycles. The van der Waals surface area contributed by atoms with Crippen molar-refractivity contribution < 1.29 is 4.79 Å².